The van der Waals surface area contributed by atoms with Crippen LogP contribution in [0, 0.1) is 0 Å². The molecule has 162 valence electrons. The number of hydrogen-bond acceptors (Lipinski definition) is 6. The molecule has 3 heterocycles. The number of halogens is 1. The van der Waals surface area contributed by atoms with Crippen molar-refractivity contribution in [3.63, 3.8) is 0 Å². The third-order valence-electron chi connectivity index (χ3n) is 5.60. The van der Waals surface area contributed by atoms with E-state index in [4.69, 9.17) is 16.3 Å². The molecule has 1 N–H and O–H groups in total. The standard InChI is InChI=1S/C23H24ClN3O4/c24-17-7-5-16(6-8-17)21(28)19-20(18-4-1-2-9-25-18)27(23(30)22(19)29)11-3-10-26-12-14-31-15-13-26/h1-2,4-9,20,28H,3,10-15H2/b21-19+/t20-/m0/s1. The van der Waals surface area contributed by atoms with E-state index in [2.05, 4.69) is 9.88 Å². The first kappa shape index (κ1) is 21.5. The van der Waals surface area contributed by atoms with Crippen LogP contribution in [0.1, 0.15) is 23.7 Å². The summed E-state index contributed by atoms with van der Waals surface area (Å²) in [5, 5.41) is 11.5. The van der Waals surface area contributed by atoms with Crippen molar-refractivity contribution in [2.24, 2.45) is 0 Å². The van der Waals surface area contributed by atoms with E-state index in [1.54, 1.807) is 48.7 Å². The Labute approximate surface area is 185 Å². The highest BCUT2D eigenvalue weighted by Gasteiger charge is 2.46. The first-order valence-corrected chi connectivity index (χ1v) is 10.7. The van der Waals surface area contributed by atoms with E-state index >= 15 is 0 Å². The van der Waals surface area contributed by atoms with Gasteiger partial charge in [-0.1, -0.05) is 17.7 Å². The predicted molar refractivity (Wildman–Crippen MR) is 117 cm³/mol. The molecule has 2 saturated heterocycles. The van der Waals surface area contributed by atoms with Crippen molar-refractivity contribution in [1.29, 1.82) is 0 Å². The van der Waals surface area contributed by atoms with Crippen molar-refractivity contribution in [3.05, 3.63) is 70.5 Å². The number of aromatic nitrogens is 1. The number of morpholine rings is 1. The van der Waals surface area contributed by atoms with Gasteiger partial charge in [-0.3, -0.25) is 19.5 Å². The molecule has 0 spiro atoms. The molecule has 0 bridgehead atoms. The lowest BCUT2D eigenvalue weighted by atomic mass is 9.98. The molecule has 1 atom stereocenters. The minimum Gasteiger partial charge on any atom is -0.507 e. The number of aliphatic hydroxyl groups is 1. The van der Waals surface area contributed by atoms with Gasteiger partial charge in [0.05, 0.1) is 24.5 Å². The largest absolute Gasteiger partial charge is 0.507 e. The summed E-state index contributed by atoms with van der Waals surface area (Å²) in [7, 11) is 0. The number of aliphatic hydroxyl groups excluding tert-OH is 1. The molecule has 1 aromatic heterocycles. The minimum absolute atomic E-state index is 0.0531. The molecule has 0 radical (unpaired) electrons. The second-order valence-electron chi connectivity index (χ2n) is 7.56. The number of ether oxygens (including phenoxy) is 1. The van der Waals surface area contributed by atoms with Crippen molar-refractivity contribution in [1.82, 2.24) is 14.8 Å². The van der Waals surface area contributed by atoms with Gasteiger partial charge in [0.2, 0.25) is 0 Å². The van der Waals surface area contributed by atoms with Crippen LogP contribution >= 0.6 is 11.6 Å². The molecule has 8 heteroatoms. The zero-order valence-corrected chi connectivity index (χ0v) is 17.8. The van der Waals surface area contributed by atoms with Crippen LogP contribution in [0.5, 0.6) is 0 Å². The number of benzene rings is 1. The predicted octanol–water partition coefficient (Wildman–Crippen LogP) is 2.88. The van der Waals surface area contributed by atoms with Gasteiger partial charge >= 0.3 is 0 Å². The first-order chi connectivity index (χ1) is 15.1. The van der Waals surface area contributed by atoms with Crippen LogP contribution in [-0.2, 0) is 14.3 Å². The van der Waals surface area contributed by atoms with Gasteiger partial charge in [-0.15, -0.1) is 0 Å². The SMILES string of the molecule is O=C1C(=O)N(CCCN2CCOCC2)[C@@H](c2ccccn2)/C1=C(\O)c1ccc(Cl)cc1. The second-order valence-corrected chi connectivity index (χ2v) is 8.00. The molecule has 31 heavy (non-hydrogen) atoms. The van der Waals surface area contributed by atoms with Crippen LogP contribution in [0.2, 0.25) is 5.02 Å². The summed E-state index contributed by atoms with van der Waals surface area (Å²) in [5.74, 6) is -1.54. The maximum absolute atomic E-state index is 13.0. The number of rotatable bonds is 6. The van der Waals surface area contributed by atoms with Gasteiger partial charge in [0.25, 0.3) is 11.7 Å². The number of carbonyl (C=O) groups is 2. The number of amides is 1. The highest BCUT2D eigenvalue weighted by Crippen LogP contribution is 2.38. The van der Waals surface area contributed by atoms with Crippen LogP contribution in [0.15, 0.2) is 54.2 Å². The lowest BCUT2D eigenvalue weighted by Gasteiger charge is -2.28. The van der Waals surface area contributed by atoms with Gasteiger partial charge in [-0.25, -0.2) is 0 Å². The zero-order valence-electron chi connectivity index (χ0n) is 17.0. The van der Waals surface area contributed by atoms with E-state index < -0.39 is 17.7 Å². The van der Waals surface area contributed by atoms with E-state index in [0.717, 1.165) is 19.6 Å². The van der Waals surface area contributed by atoms with E-state index in [1.807, 2.05) is 0 Å². The lowest BCUT2D eigenvalue weighted by molar-refractivity contribution is -0.140. The topological polar surface area (TPSA) is 83.0 Å². The minimum atomic E-state index is -0.735. The normalized spacial score (nSPS) is 21.6. The number of Topliss-reactive ketones (excluding diaryl/α,β-unsaturated/α-hetero) is 1. The van der Waals surface area contributed by atoms with Crippen LogP contribution in [0.3, 0.4) is 0 Å². The van der Waals surface area contributed by atoms with E-state index in [0.29, 0.717) is 42.5 Å². The summed E-state index contributed by atoms with van der Waals surface area (Å²) in [5.41, 5.74) is 1.03. The molecule has 7 nitrogen and oxygen atoms in total. The Hall–Kier alpha value is -2.74. The molecule has 2 aliphatic rings. The Kier molecular flexibility index (Phi) is 6.65. The Morgan fingerprint density at radius 3 is 2.52 bits per heavy atom. The highest BCUT2D eigenvalue weighted by atomic mass is 35.5. The average molecular weight is 442 g/mol. The van der Waals surface area contributed by atoms with Crippen LogP contribution in [0.25, 0.3) is 5.76 Å². The van der Waals surface area contributed by atoms with Crippen LogP contribution < -0.4 is 0 Å². The Morgan fingerprint density at radius 1 is 1.10 bits per heavy atom. The summed E-state index contributed by atoms with van der Waals surface area (Å²) in [6.07, 6.45) is 2.32. The van der Waals surface area contributed by atoms with E-state index in [9.17, 15) is 14.7 Å². The lowest BCUT2D eigenvalue weighted by Crippen LogP contribution is -2.39. The zero-order chi connectivity index (χ0) is 21.8. The molecule has 1 aromatic carbocycles. The van der Waals surface area contributed by atoms with Gasteiger partial charge in [0.15, 0.2) is 0 Å². The van der Waals surface area contributed by atoms with Gasteiger partial charge < -0.3 is 14.7 Å². The fourth-order valence-electron chi connectivity index (χ4n) is 4.01. The van der Waals surface area contributed by atoms with Crippen molar-refractivity contribution in [2.75, 3.05) is 39.4 Å². The number of carbonyl (C=O) groups excluding carboxylic acids is 2. The maximum Gasteiger partial charge on any atom is 0.295 e. The maximum atomic E-state index is 13.0. The number of ketones is 1. The van der Waals surface area contributed by atoms with Crippen LogP contribution in [0.4, 0.5) is 0 Å². The fourth-order valence-corrected chi connectivity index (χ4v) is 4.13. The summed E-state index contributed by atoms with van der Waals surface area (Å²) in [6.45, 7) is 4.33. The Bertz CT molecular complexity index is 972. The summed E-state index contributed by atoms with van der Waals surface area (Å²) >= 11 is 5.95. The average Bonchev–Trinajstić information content (AvgIpc) is 3.05. The molecule has 0 saturated carbocycles. The quantitative estimate of drug-likeness (QED) is 0.421. The molecular formula is C23H24ClN3O4. The Balaban J connectivity index is 1.64. The van der Waals surface area contributed by atoms with E-state index in [-0.39, 0.29) is 11.3 Å². The number of likely N-dealkylation sites (tertiary alicyclic amines) is 1. The highest BCUT2D eigenvalue weighted by molar-refractivity contribution is 6.46. The molecule has 2 aliphatic heterocycles. The molecule has 2 fully saturated rings. The smallest absolute Gasteiger partial charge is 0.295 e. The number of pyridine rings is 1. The molecule has 2 aromatic rings. The van der Waals surface area contributed by atoms with E-state index in [1.165, 1.54) is 4.90 Å². The van der Waals surface area contributed by atoms with Gasteiger partial charge in [-0.05, 0) is 42.8 Å². The molecular weight excluding hydrogens is 418 g/mol. The van der Waals surface area contributed by atoms with Gasteiger partial charge in [-0.2, -0.15) is 0 Å². The van der Waals surface area contributed by atoms with Gasteiger partial charge in [0, 0.05) is 43.0 Å². The monoisotopic (exact) mass is 441 g/mol. The summed E-state index contributed by atoms with van der Waals surface area (Å²) in [6, 6.07) is 11.1. The second kappa shape index (κ2) is 9.60. The van der Waals surface area contributed by atoms with Crippen molar-refractivity contribution >= 4 is 29.1 Å². The number of hydrogen-bond donors (Lipinski definition) is 1. The summed E-state index contributed by atoms with van der Waals surface area (Å²) in [4.78, 5) is 34.1. The molecule has 0 aliphatic carbocycles. The molecule has 0 unspecified atom stereocenters. The fraction of sp³-hybridized carbons (Fsp3) is 0.348. The molecule has 1 amide bonds. The summed E-state index contributed by atoms with van der Waals surface area (Å²) < 4.78 is 5.37. The third-order valence-corrected chi connectivity index (χ3v) is 5.85. The van der Waals surface area contributed by atoms with Crippen molar-refractivity contribution in [2.45, 2.75) is 12.5 Å². The van der Waals surface area contributed by atoms with Crippen molar-refractivity contribution in [3.8, 4) is 0 Å². The van der Waals surface area contributed by atoms with Gasteiger partial charge in [0.1, 0.15) is 11.8 Å². The van der Waals surface area contributed by atoms with Crippen molar-refractivity contribution < 1.29 is 19.4 Å². The Morgan fingerprint density at radius 2 is 1.84 bits per heavy atom. The molecule has 4 rings (SSSR count). The van der Waals surface area contributed by atoms with Crippen LogP contribution in [-0.4, -0.2) is 71.0 Å². The first-order valence-electron chi connectivity index (χ1n) is 10.3. The third kappa shape index (κ3) is 4.63. The number of nitrogens with zero attached hydrogens (tertiary/aromatic N) is 3.